The van der Waals surface area contributed by atoms with E-state index in [0.717, 1.165) is 24.5 Å². The summed E-state index contributed by atoms with van der Waals surface area (Å²) in [6, 6.07) is 12.8. The van der Waals surface area contributed by atoms with Crippen LogP contribution in [0.4, 0.5) is 4.39 Å². The molecule has 2 aliphatic rings. The lowest BCUT2D eigenvalue weighted by molar-refractivity contribution is -0.0641. The zero-order chi connectivity index (χ0) is 19.9. The first-order valence-electron chi connectivity index (χ1n) is 9.48. The molecule has 0 aromatic heterocycles. The van der Waals surface area contributed by atoms with Crippen LogP contribution in [0.5, 0.6) is 5.75 Å². The molecule has 1 heterocycles. The number of hydrogen-bond donors (Lipinski definition) is 1. The van der Waals surface area contributed by atoms with Crippen molar-refractivity contribution in [3.63, 3.8) is 0 Å². The van der Waals surface area contributed by atoms with Gasteiger partial charge in [-0.2, -0.15) is 4.31 Å². The van der Waals surface area contributed by atoms with Crippen molar-refractivity contribution in [3.05, 3.63) is 59.9 Å². The van der Waals surface area contributed by atoms with E-state index in [-0.39, 0.29) is 23.3 Å². The molecule has 1 aliphatic carbocycles. The van der Waals surface area contributed by atoms with Gasteiger partial charge in [-0.15, -0.1) is 0 Å². The van der Waals surface area contributed by atoms with Crippen molar-refractivity contribution in [2.75, 3.05) is 20.2 Å². The summed E-state index contributed by atoms with van der Waals surface area (Å²) in [5, 5.41) is 11.6. The molecular formula is C21H24FNO4S. The van der Waals surface area contributed by atoms with Crippen molar-refractivity contribution < 1.29 is 22.7 Å². The topological polar surface area (TPSA) is 66.8 Å². The SMILES string of the molecule is COc1cccc([C@]2(O)CCC[C@H]3CN(S(=O)(=O)c4ccccc4F)C[C@@H]32)c1. The molecule has 7 heteroatoms. The Kier molecular flexibility index (Phi) is 4.93. The van der Waals surface area contributed by atoms with E-state index in [1.807, 2.05) is 24.3 Å². The largest absolute Gasteiger partial charge is 0.497 e. The Labute approximate surface area is 164 Å². The van der Waals surface area contributed by atoms with Gasteiger partial charge in [-0.1, -0.05) is 24.3 Å². The van der Waals surface area contributed by atoms with Crippen LogP contribution >= 0.6 is 0 Å². The van der Waals surface area contributed by atoms with Crippen molar-refractivity contribution in [2.24, 2.45) is 11.8 Å². The fraction of sp³-hybridized carbons (Fsp3) is 0.429. The van der Waals surface area contributed by atoms with Crippen LogP contribution in [0.15, 0.2) is 53.4 Å². The highest BCUT2D eigenvalue weighted by Gasteiger charge is 2.52. The molecule has 1 aliphatic heterocycles. The summed E-state index contributed by atoms with van der Waals surface area (Å²) >= 11 is 0. The normalized spacial score (nSPS) is 28.1. The Morgan fingerprint density at radius 2 is 1.96 bits per heavy atom. The number of ether oxygens (including phenoxy) is 1. The maximum Gasteiger partial charge on any atom is 0.246 e. The van der Waals surface area contributed by atoms with Crippen molar-refractivity contribution in [3.8, 4) is 5.75 Å². The third kappa shape index (κ3) is 3.11. The molecule has 3 atom stereocenters. The van der Waals surface area contributed by atoms with Gasteiger partial charge in [0.05, 0.1) is 12.7 Å². The van der Waals surface area contributed by atoms with Gasteiger partial charge < -0.3 is 9.84 Å². The zero-order valence-corrected chi connectivity index (χ0v) is 16.5. The van der Waals surface area contributed by atoms with Crippen molar-refractivity contribution >= 4 is 10.0 Å². The minimum Gasteiger partial charge on any atom is -0.497 e. The summed E-state index contributed by atoms with van der Waals surface area (Å²) in [4.78, 5) is -0.307. The fourth-order valence-electron chi connectivity index (χ4n) is 4.72. The maximum absolute atomic E-state index is 14.1. The van der Waals surface area contributed by atoms with Gasteiger partial charge in [0, 0.05) is 19.0 Å². The lowest BCUT2D eigenvalue weighted by Crippen LogP contribution is -2.43. The predicted octanol–water partition coefficient (Wildman–Crippen LogP) is 3.14. The molecule has 4 rings (SSSR count). The molecule has 1 N–H and O–H groups in total. The van der Waals surface area contributed by atoms with E-state index >= 15 is 0 Å². The van der Waals surface area contributed by atoms with Crippen LogP contribution in [-0.2, 0) is 15.6 Å². The zero-order valence-electron chi connectivity index (χ0n) is 15.7. The van der Waals surface area contributed by atoms with Crippen LogP contribution in [-0.4, -0.2) is 38.0 Å². The van der Waals surface area contributed by atoms with Gasteiger partial charge in [0.2, 0.25) is 10.0 Å². The maximum atomic E-state index is 14.1. The van der Waals surface area contributed by atoms with Crippen LogP contribution in [0.1, 0.15) is 24.8 Å². The molecule has 150 valence electrons. The first-order chi connectivity index (χ1) is 13.4. The standard InChI is InChI=1S/C21H24FNO4S/c1-27-17-8-4-7-16(12-17)21(24)11-5-6-15-13-23(14-18(15)21)28(25,26)20-10-3-2-9-19(20)22/h2-4,7-10,12,15,18,24H,5-6,11,13-14H2,1H3/t15-,18-,21+/m0/s1. The molecule has 0 bridgehead atoms. The summed E-state index contributed by atoms with van der Waals surface area (Å²) in [5.41, 5.74) is -0.386. The number of nitrogens with zero attached hydrogens (tertiary/aromatic N) is 1. The highest BCUT2D eigenvalue weighted by atomic mass is 32.2. The molecule has 0 spiro atoms. The number of methoxy groups -OCH3 is 1. The molecule has 0 radical (unpaired) electrons. The summed E-state index contributed by atoms with van der Waals surface area (Å²) < 4.78 is 46.8. The smallest absolute Gasteiger partial charge is 0.246 e. The van der Waals surface area contributed by atoms with Gasteiger partial charge >= 0.3 is 0 Å². The molecule has 2 aromatic rings. The first-order valence-corrected chi connectivity index (χ1v) is 10.9. The summed E-state index contributed by atoms with van der Waals surface area (Å²) in [6.07, 6.45) is 2.22. The van der Waals surface area contributed by atoms with Crippen molar-refractivity contribution in [1.29, 1.82) is 0 Å². The molecular weight excluding hydrogens is 381 g/mol. The second-order valence-corrected chi connectivity index (χ2v) is 9.57. The lowest BCUT2D eigenvalue weighted by Gasteiger charge is -2.41. The highest BCUT2D eigenvalue weighted by molar-refractivity contribution is 7.89. The molecule has 0 unspecified atom stereocenters. The third-order valence-electron chi connectivity index (χ3n) is 6.18. The van der Waals surface area contributed by atoms with Crippen LogP contribution in [0.25, 0.3) is 0 Å². The molecule has 28 heavy (non-hydrogen) atoms. The van der Waals surface area contributed by atoms with Crippen LogP contribution in [0, 0.1) is 17.7 Å². The molecule has 5 nitrogen and oxygen atoms in total. The highest BCUT2D eigenvalue weighted by Crippen LogP contribution is 2.49. The van der Waals surface area contributed by atoms with Gasteiger partial charge in [-0.05, 0) is 55.0 Å². The summed E-state index contributed by atoms with van der Waals surface area (Å²) in [7, 11) is -2.38. The number of aliphatic hydroxyl groups is 1. The summed E-state index contributed by atoms with van der Waals surface area (Å²) in [5.74, 6) is -0.302. The average Bonchev–Trinajstić information content (AvgIpc) is 3.15. The van der Waals surface area contributed by atoms with E-state index in [2.05, 4.69) is 0 Å². The monoisotopic (exact) mass is 405 g/mol. The second kappa shape index (κ2) is 7.13. The molecule has 1 saturated carbocycles. The minimum atomic E-state index is -3.95. The molecule has 0 amide bonds. The van der Waals surface area contributed by atoms with Crippen LogP contribution < -0.4 is 4.74 Å². The Hall–Kier alpha value is -1.96. The van der Waals surface area contributed by atoms with Gasteiger partial charge in [0.1, 0.15) is 16.5 Å². The number of sulfonamides is 1. The number of fused-ring (bicyclic) bond motifs is 1. The van der Waals surface area contributed by atoms with Crippen LogP contribution in [0.3, 0.4) is 0 Å². The Morgan fingerprint density at radius 3 is 2.71 bits per heavy atom. The van der Waals surface area contributed by atoms with E-state index in [4.69, 9.17) is 4.74 Å². The van der Waals surface area contributed by atoms with Gasteiger partial charge in [-0.3, -0.25) is 0 Å². The van der Waals surface area contributed by atoms with Gasteiger partial charge in [0.15, 0.2) is 0 Å². The Morgan fingerprint density at radius 1 is 1.18 bits per heavy atom. The van der Waals surface area contributed by atoms with Crippen LogP contribution in [0.2, 0.25) is 0 Å². The van der Waals surface area contributed by atoms with E-state index in [1.54, 1.807) is 7.11 Å². The van der Waals surface area contributed by atoms with Crippen molar-refractivity contribution in [1.82, 2.24) is 4.31 Å². The lowest BCUT2D eigenvalue weighted by atomic mass is 9.67. The average molecular weight is 405 g/mol. The number of hydrogen-bond acceptors (Lipinski definition) is 4. The van der Waals surface area contributed by atoms with Gasteiger partial charge in [0.25, 0.3) is 0 Å². The second-order valence-electron chi connectivity index (χ2n) is 7.67. The Balaban J connectivity index is 1.67. The number of rotatable bonds is 4. The number of halogens is 1. The first kappa shape index (κ1) is 19.4. The quantitative estimate of drug-likeness (QED) is 0.849. The third-order valence-corrected chi connectivity index (χ3v) is 8.04. The Bertz CT molecular complexity index is 980. The van der Waals surface area contributed by atoms with Crippen molar-refractivity contribution in [2.45, 2.75) is 29.8 Å². The minimum absolute atomic E-state index is 0.0338. The fourth-order valence-corrected chi connectivity index (χ4v) is 6.31. The van der Waals surface area contributed by atoms with E-state index in [1.165, 1.54) is 22.5 Å². The predicted molar refractivity (Wildman–Crippen MR) is 103 cm³/mol. The number of benzene rings is 2. The van der Waals surface area contributed by atoms with E-state index < -0.39 is 21.4 Å². The summed E-state index contributed by atoms with van der Waals surface area (Å²) in [6.45, 7) is 0.475. The van der Waals surface area contributed by atoms with Gasteiger partial charge in [-0.25, -0.2) is 12.8 Å². The molecule has 2 aromatic carbocycles. The molecule has 1 saturated heterocycles. The van der Waals surface area contributed by atoms with E-state index in [0.29, 0.717) is 18.7 Å². The molecule has 2 fully saturated rings. The van der Waals surface area contributed by atoms with E-state index in [9.17, 15) is 17.9 Å².